The normalized spacial score (nSPS) is 13.4. The minimum Gasteiger partial charge on any atom is -0.484 e. The lowest BCUT2D eigenvalue weighted by atomic mass is 10.1. The number of amides is 2. The summed E-state index contributed by atoms with van der Waals surface area (Å²) in [5.74, 6) is 0.612. The van der Waals surface area contributed by atoms with Crippen LogP contribution < -0.4 is 15.4 Å². The molecule has 1 fully saturated rings. The van der Waals surface area contributed by atoms with Crippen LogP contribution in [0.15, 0.2) is 28.7 Å². The first-order valence-corrected chi connectivity index (χ1v) is 10.3. The lowest BCUT2D eigenvalue weighted by Gasteiger charge is -2.08. The number of H-pyrrole nitrogens is 1. The van der Waals surface area contributed by atoms with E-state index in [0.29, 0.717) is 34.9 Å². The van der Waals surface area contributed by atoms with Crippen LogP contribution in [0.1, 0.15) is 54.4 Å². The van der Waals surface area contributed by atoms with Crippen LogP contribution >= 0.6 is 15.9 Å². The molecule has 1 saturated carbocycles. The SMILES string of the molecule is CC(C)c1[nH]nc(C(=O)NCCc2ccc(OCC(=O)NC3CC3)cc2)c1Br. The van der Waals surface area contributed by atoms with Crippen molar-refractivity contribution in [2.24, 2.45) is 0 Å². The van der Waals surface area contributed by atoms with Gasteiger partial charge in [-0.05, 0) is 58.8 Å². The monoisotopic (exact) mass is 448 g/mol. The highest BCUT2D eigenvalue weighted by Crippen LogP contribution is 2.25. The fourth-order valence-electron chi connectivity index (χ4n) is 2.68. The van der Waals surface area contributed by atoms with E-state index in [1.807, 2.05) is 38.1 Å². The Morgan fingerprint density at radius 1 is 1.29 bits per heavy atom. The average molecular weight is 449 g/mol. The minimum atomic E-state index is -0.211. The molecule has 1 aliphatic rings. The number of nitrogens with zero attached hydrogens (tertiary/aromatic N) is 1. The van der Waals surface area contributed by atoms with Crippen molar-refractivity contribution in [2.45, 2.75) is 45.1 Å². The molecular formula is C20H25BrN4O3. The summed E-state index contributed by atoms with van der Waals surface area (Å²) < 4.78 is 6.20. The van der Waals surface area contributed by atoms with E-state index in [0.717, 1.165) is 24.1 Å². The largest absolute Gasteiger partial charge is 0.484 e. The molecular weight excluding hydrogens is 424 g/mol. The third-order valence-corrected chi connectivity index (χ3v) is 5.26. The minimum absolute atomic E-state index is 0.0306. The van der Waals surface area contributed by atoms with E-state index in [2.05, 4.69) is 36.8 Å². The molecule has 8 heteroatoms. The highest BCUT2D eigenvalue weighted by atomic mass is 79.9. The van der Waals surface area contributed by atoms with Crippen LogP contribution in [0.25, 0.3) is 0 Å². The van der Waals surface area contributed by atoms with Crippen molar-refractivity contribution in [2.75, 3.05) is 13.2 Å². The van der Waals surface area contributed by atoms with Gasteiger partial charge in [0.1, 0.15) is 5.75 Å². The second-order valence-corrected chi connectivity index (χ2v) is 8.03. The Labute approximate surface area is 172 Å². The number of hydrogen-bond acceptors (Lipinski definition) is 4. The van der Waals surface area contributed by atoms with Gasteiger partial charge in [0.15, 0.2) is 12.3 Å². The lowest BCUT2D eigenvalue weighted by Crippen LogP contribution is -2.30. The molecule has 0 bridgehead atoms. The van der Waals surface area contributed by atoms with Gasteiger partial charge in [0.2, 0.25) is 0 Å². The number of halogens is 1. The molecule has 2 amide bonds. The highest BCUT2D eigenvalue weighted by Gasteiger charge is 2.23. The fraction of sp³-hybridized carbons (Fsp3) is 0.450. The summed E-state index contributed by atoms with van der Waals surface area (Å²) in [7, 11) is 0. The Kier molecular flexibility index (Phi) is 6.72. The van der Waals surface area contributed by atoms with E-state index in [1.54, 1.807) is 0 Å². The standard InChI is InChI=1S/C20H25BrN4O3/c1-12(2)18-17(21)19(25-24-18)20(27)22-10-9-13-3-7-15(8-4-13)28-11-16(26)23-14-5-6-14/h3-4,7-8,12,14H,5-6,9-11H2,1-2H3,(H,22,27)(H,23,26)(H,24,25). The first-order chi connectivity index (χ1) is 13.4. The van der Waals surface area contributed by atoms with E-state index in [1.165, 1.54) is 0 Å². The van der Waals surface area contributed by atoms with Gasteiger partial charge in [-0.3, -0.25) is 14.7 Å². The van der Waals surface area contributed by atoms with Crippen molar-refractivity contribution in [1.29, 1.82) is 0 Å². The maximum atomic E-state index is 12.3. The molecule has 1 aliphatic carbocycles. The maximum Gasteiger partial charge on any atom is 0.272 e. The molecule has 7 nitrogen and oxygen atoms in total. The molecule has 0 unspecified atom stereocenters. The van der Waals surface area contributed by atoms with Gasteiger partial charge in [0, 0.05) is 12.6 Å². The number of carbonyl (C=O) groups is 2. The summed E-state index contributed by atoms with van der Waals surface area (Å²) in [5.41, 5.74) is 2.35. The van der Waals surface area contributed by atoms with Crippen LogP contribution in [0.5, 0.6) is 5.75 Å². The Balaban J connectivity index is 1.42. The Morgan fingerprint density at radius 2 is 2.00 bits per heavy atom. The molecule has 150 valence electrons. The van der Waals surface area contributed by atoms with Gasteiger partial charge < -0.3 is 15.4 Å². The second-order valence-electron chi connectivity index (χ2n) is 7.23. The summed E-state index contributed by atoms with van der Waals surface area (Å²) >= 11 is 3.44. The molecule has 0 aliphatic heterocycles. The molecule has 1 aromatic carbocycles. The van der Waals surface area contributed by atoms with Gasteiger partial charge in [-0.15, -0.1) is 0 Å². The van der Waals surface area contributed by atoms with Crippen molar-refractivity contribution in [3.05, 3.63) is 45.7 Å². The first-order valence-electron chi connectivity index (χ1n) is 9.47. The van der Waals surface area contributed by atoms with Gasteiger partial charge in [-0.2, -0.15) is 5.10 Å². The second kappa shape index (κ2) is 9.23. The topological polar surface area (TPSA) is 96.1 Å². The number of carbonyl (C=O) groups excluding carboxylic acids is 2. The van der Waals surface area contributed by atoms with Gasteiger partial charge in [-0.1, -0.05) is 26.0 Å². The van der Waals surface area contributed by atoms with Crippen LogP contribution in [-0.2, 0) is 11.2 Å². The third-order valence-electron chi connectivity index (χ3n) is 4.46. The van der Waals surface area contributed by atoms with E-state index < -0.39 is 0 Å². The van der Waals surface area contributed by atoms with E-state index >= 15 is 0 Å². The van der Waals surface area contributed by atoms with Crippen molar-refractivity contribution < 1.29 is 14.3 Å². The van der Waals surface area contributed by atoms with Crippen LogP contribution in [0.3, 0.4) is 0 Å². The third kappa shape index (κ3) is 5.58. The van der Waals surface area contributed by atoms with Crippen LogP contribution in [0, 0.1) is 0 Å². The maximum absolute atomic E-state index is 12.3. The average Bonchev–Trinajstić information content (AvgIpc) is 3.39. The summed E-state index contributed by atoms with van der Waals surface area (Å²) in [4.78, 5) is 23.9. The number of ether oxygens (including phenoxy) is 1. The molecule has 1 heterocycles. The zero-order valence-corrected chi connectivity index (χ0v) is 17.6. The van der Waals surface area contributed by atoms with E-state index in [9.17, 15) is 9.59 Å². The van der Waals surface area contributed by atoms with Crippen molar-refractivity contribution in [3.63, 3.8) is 0 Å². The van der Waals surface area contributed by atoms with E-state index in [-0.39, 0.29) is 24.3 Å². The van der Waals surface area contributed by atoms with Crippen molar-refractivity contribution >= 4 is 27.7 Å². The summed E-state index contributed by atoms with van der Waals surface area (Å²) in [6, 6.07) is 7.87. The van der Waals surface area contributed by atoms with Crippen LogP contribution in [-0.4, -0.2) is 41.2 Å². The molecule has 0 radical (unpaired) electrons. The molecule has 28 heavy (non-hydrogen) atoms. The predicted molar refractivity (Wildman–Crippen MR) is 110 cm³/mol. The molecule has 1 aromatic heterocycles. The number of hydrogen-bond donors (Lipinski definition) is 3. The van der Waals surface area contributed by atoms with Gasteiger partial charge in [0.05, 0.1) is 10.2 Å². The fourth-order valence-corrected chi connectivity index (χ4v) is 3.49. The van der Waals surface area contributed by atoms with Gasteiger partial charge in [-0.25, -0.2) is 0 Å². The highest BCUT2D eigenvalue weighted by molar-refractivity contribution is 9.10. The summed E-state index contributed by atoms with van der Waals surface area (Å²) in [6.45, 7) is 4.60. The van der Waals surface area contributed by atoms with Crippen LogP contribution in [0.4, 0.5) is 0 Å². The number of aromatic amines is 1. The van der Waals surface area contributed by atoms with Crippen LogP contribution in [0.2, 0.25) is 0 Å². The molecule has 3 rings (SSSR count). The molecule has 0 atom stereocenters. The number of nitrogens with one attached hydrogen (secondary N) is 3. The number of rotatable bonds is 9. The summed E-state index contributed by atoms with van der Waals surface area (Å²) in [6.07, 6.45) is 2.81. The van der Waals surface area contributed by atoms with Gasteiger partial charge >= 0.3 is 0 Å². The zero-order chi connectivity index (χ0) is 20.1. The lowest BCUT2D eigenvalue weighted by molar-refractivity contribution is -0.123. The van der Waals surface area contributed by atoms with Crippen molar-refractivity contribution in [3.8, 4) is 5.75 Å². The molecule has 2 aromatic rings. The quantitative estimate of drug-likeness (QED) is 0.549. The Morgan fingerprint density at radius 3 is 2.61 bits per heavy atom. The smallest absolute Gasteiger partial charge is 0.272 e. The molecule has 0 saturated heterocycles. The van der Waals surface area contributed by atoms with E-state index in [4.69, 9.17) is 4.74 Å². The predicted octanol–water partition coefficient (Wildman–Crippen LogP) is 2.93. The number of aromatic nitrogens is 2. The van der Waals surface area contributed by atoms with Crippen molar-refractivity contribution in [1.82, 2.24) is 20.8 Å². The Bertz CT molecular complexity index is 828. The van der Waals surface area contributed by atoms with Gasteiger partial charge in [0.25, 0.3) is 11.8 Å². The summed E-state index contributed by atoms with van der Waals surface area (Å²) in [5, 5.41) is 12.8. The zero-order valence-electron chi connectivity index (χ0n) is 16.0. The first kappa shape index (κ1) is 20.4. The molecule has 3 N–H and O–H groups in total. The molecule has 0 spiro atoms. The number of benzene rings is 1. The Hall–Kier alpha value is -2.35.